The van der Waals surface area contributed by atoms with Gasteiger partial charge in [0.05, 0.1) is 17.6 Å². The summed E-state index contributed by atoms with van der Waals surface area (Å²) in [4.78, 5) is 29.7. The van der Waals surface area contributed by atoms with Gasteiger partial charge in [-0.3, -0.25) is 4.98 Å². The van der Waals surface area contributed by atoms with Crippen molar-refractivity contribution in [3.05, 3.63) is 54.6 Å². The third-order valence-electron chi connectivity index (χ3n) is 4.25. The van der Waals surface area contributed by atoms with Gasteiger partial charge in [0, 0.05) is 24.5 Å². The minimum absolute atomic E-state index is 0.0378. The molecule has 0 spiro atoms. The molecule has 0 aliphatic heterocycles. The molecular weight excluding hydrogens is 448 g/mol. The summed E-state index contributed by atoms with van der Waals surface area (Å²) in [6, 6.07) is 9.34. The Morgan fingerprint density at radius 2 is 1.63 bits per heavy atom. The monoisotopic (exact) mass is 480 g/mol. The summed E-state index contributed by atoms with van der Waals surface area (Å²) in [6.45, 7) is 14.0. The van der Waals surface area contributed by atoms with Crippen LogP contribution >= 0.6 is 0 Å². The number of rotatable bonds is 5. The van der Waals surface area contributed by atoms with Crippen LogP contribution in [0.5, 0.6) is 0 Å². The summed E-state index contributed by atoms with van der Waals surface area (Å²) in [5.41, 5.74) is 2.80. The zero-order valence-corrected chi connectivity index (χ0v) is 21.1. The van der Waals surface area contributed by atoms with Crippen LogP contribution < -0.4 is 21.1 Å². The van der Waals surface area contributed by atoms with Crippen LogP contribution in [-0.2, 0) is 9.47 Å². The molecule has 3 N–H and O–H groups in total. The lowest BCUT2D eigenvalue weighted by atomic mass is 10.0. The van der Waals surface area contributed by atoms with Gasteiger partial charge in [0.1, 0.15) is 23.0 Å². The quantitative estimate of drug-likeness (QED) is 0.515. The fraction of sp³-hybridized carbons (Fsp3) is 0.360. The number of carbonyl (C=O) groups is 2. The minimum Gasteiger partial charge on any atom is -0.443 e. The number of carbonyl (C=O) groups excluding carboxylic acids is 2. The van der Waals surface area contributed by atoms with E-state index in [1.165, 1.54) is 12.4 Å². The summed E-state index contributed by atoms with van der Waals surface area (Å²) in [6.07, 6.45) is 1.02. The van der Waals surface area contributed by atoms with E-state index in [9.17, 15) is 14.9 Å². The average molecular weight is 481 g/mol. The van der Waals surface area contributed by atoms with Crippen LogP contribution in [0.2, 0.25) is 0 Å². The SMILES string of the molecule is C=C(NC)Nc1ccc(-c2cncc(N(NC(=O)OC(C)(C)C)C(=O)OC(C)(C)C)c2C#N)cc1. The first-order valence-electron chi connectivity index (χ1n) is 10.9. The first kappa shape index (κ1) is 27.0. The van der Waals surface area contributed by atoms with Crippen LogP contribution in [-0.4, -0.2) is 35.4 Å². The highest BCUT2D eigenvalue weighted by Crippen LogP contribution is 2.31. The number of hydrogen-bond acceptors (Lipinski definition) is 8. The van der Waals surface area contributed by atoms with Crippen molar-refractivity contribution in [1.82, 2.24) is 15.7 Å². The number of ether oxygens (including phenoxy) is 2. The van der Waals surface area contributed by atoms with Crippen LogP contribution in [0.25, 0.3) is 11.1 Å². The second-order valence-electron chi connectivity index (χ2n) is 9.55. The van der Waals surface area contributed by atoms with Crippen molar-refractivity contribution >= 4 is 23.6 Å². The molecule has 2 aromatic rings. The highest BCUT2D eigenvalue weighted by atomic mass is 16.6. The largest absolute Gasteiger partial charge is 0.443 e. The maximum absolute atomic E-state index is 13.0. The summed E-state index contributed by atoms with van der Waals surface area (Å²) < 4.78 is 10.7. The number of nitrogens with one attached hydrogen (secondary N) is 3. The Kier molecular flexibility index (Phi) is 8.31. The predicted octanol–water partition coefficient (Wildman–Crippen LogP) is 4.90. The Labute approximate surface area is 205 Å². The molecule has 1 aromatic carbocycles. The summed E-state index contributed by atoms with van der Waals surface area (Å²) >= 11 is 0. The molecule has 0 fully saturated rings. The standard InChI is InChI=1S/C25H32N6O4/c1-16(27-8)29-18-11-9-17(10-12-18)20-14-28-15-21(19(20)13-26)31(23(33)35-25(5,6)7)30-22(32)34-24(2,3)4/h9-12,14-15,27,29H,1H2,2-8H3,(H,30,32). The van der Waals surface area contributed by atoms with Crippen molar-refractivity contribution in [2.45, 2.75) is 52.7 Å². The maximum atomic E-state index is 13.0. The van der Waals surface area contributed by atoms with Crippen molar-refractivity contribution in [2.75, 3.05) is 17.4 Å². The molecule has 1 heterocycles. The van der Waals surface area contributed by atoms with Crippen LogP contribution in [0.15, 0.2) is 49.1 Å². The van der Waals surface area contributed by atoms with Crippen molar-refractivity contribution in [3.8, 4) is 17.2 Å². The summed E-state index contributed by atoms with van der Waals surface area (Å²) in [5, 5.41) is 16.8. The zero-order chi connectivity index (χ0) is 26.4. The number of nitrogens with zero attached hydrogens (tertiary/aromatic N) is 3. The molecule has 35 heavy (non-hydrogen) atoms. The summed E-state index contributed by atoms with van der Waals surface area (Å²) in [7, 11) is 1.75. The van der Waals surface area contributed by atoms with E-state index in [0.717, 1.165) is 10.7 Å². The lowest BCUT2D eigenvalue weighted by Gasteiger charge is -2.29. The number of aromatic nitrogens is 1. The molecule has 2 rings (SSSR count). The predicted molar refractivity (Wildman–Crippen MR) is 134 cm³/mol. The third kappa shape index (κ3) is 7.92. The van der Waals surface area contributed by atoms with Crippen molar-refractivity contribution in [3.63, 3.8) is 0 Å². The van der Waals surface area contributed by atoms with E-state index in [0.29, 0.717) is 16.9 Å². The Morgan fingerprint density at radius 1 is 1.03 bits per heavy atom. The summed E-state index contributed by atoms with van der Waals surface area (Å²) in [5.74, 6) is 0.625. The first-order valence-corrected chi connectivity index (χ1v) is 10.9. The Bertz CT molecular complexity index is 1120. The van der Waals surface area contributed by atoms with Gasteiger partial charge in [0.15, 0.2) is 0 Å². The van der Waals surface area contributed by atoms with E-state index >= 15 is 0 Å². The second-order valence-corrected chi connectivity index (χ2v) is 9.55. The van der Waals surface area contributed by atoms with Crippen LogP contribution in [0.4, 0.5) is 21.0 Å². The lowest BCUT2D eigenvalue weighted by Crippen LogP contribution is -2.50. The van der Waals surface area contributed by atoms with Gasteiger partial charge < -0.3 is 20.1 Å². The highest BCUT2D eigenvalue weighted by molar-refractivity contribution is 5.94. The molecule has 0 saturated heterocycles. The van der Waals surface area contributed by atoms with Gasteiger partial charge in [0.2, 0.25) is 0 Å². The molecule has 0 radical (unpaired) electrons. The molecule has 186 valence electrons. The first-order chi connectivity index (χ1) is 16.2. The Balaban J connectivity index is 2.51. The van der Waals surface area contributed by atoms with Gasteiger partial charge in [-0.1, -0.05) is 18.7 Å². The van der Waals surface area contributed by atoms with E-state index in [2.05, 4.69) is 33.7 Å². The van der Waals surface area contributed by atoms with Gasteiger partial charge in [-0.05, 0) is 59.2 Å². The van der Waals surface area contributed by atoms with E-state index in [4.69, 9.17) is 9.47 Å². The maximum Gasteiger partial charge on any atom is 0.434 e. The van der Waals surface area contributed by atoms with E-state index in [1.54, 1.807) is 60.7 Å². The molecule has 0 aliphatic rings. The number of hydrogen-bond donors (Lipinski definition) is 3. The smallest absolute Gasteiger partial charge is 0.434 e. The fourth-order valence-corrected chi connectivity index (χ4v) is 2.83. The van der Waals surface area contributed by atoms with Gasteiger partial charge in [-0.2, -0.15) is 10.3 Å². The van der Waals surface area contributed by atoms with Gasteiger partial charge in [0.25, 0.3) is 0 Å². The third-order valence-corrected chi connectivity index (χ3v) is 4.25. The molecule has 1 aromatic heterocycles. The number of pyridine rings is 1. The number of amides is 2. The Morgan fingerprint density at radius 3 is 2.14 bits per heavy atom. The highest BCUT2D eigenvalue weighted by Gasteiger charge is 2.30. The molecule has 0 bridgehead atoms. The van der Waals surface area contributed by atoms with Crippen LogP contribution in [0.3, 0.4) is 0 Å². The minimum atomic E-state index is -0.899. The number of nitriles is 1. The number of anilines is 2. The molecule has 2 amide bonds. The van der Waals surface area contributed by atoms with Crippen LogP contribution in [0, 0.1) is 11.3 Å². The molecule has 10 nitrogen and oxygen atoms in total. The van der Waals surface area contributed by atoms with Crippen molar-refractivity contribution < 1.29 is 19.1 Å². The zero-order valence-electron chi connectivity index (χ0n) is 21.1. The topological polar surface area (TPSA) is 129 Å². The van der Waals surface area contributed by atoms with E-state index in [-0.39, 0.29) is 11.3 Å². The fourth-order valence-electron chi connectivity index (χ4n) is 2.83. The lowest BCUT2D eigenvalue weighted by molar-refractivity contribution is 0.0425. The van der Waals surface area contributed by atoms with Gasteiger partial charge >= 0.3 is 12.2 Å². The van der Waals surface area contributed by atoms with Crippen molar-refractivity contribution in [2.24, 2.45) is 0 Å². The molecule has 0 atom stereocenters. The second kappa shape index (κ2) is 10.8. The molecule has 0 unspecified atom stereocenters. The molecule has 10 heteroatoms. The normalized spacial score (nSPS) is 11.0. The average Bonchev–Trinajstić information content (AvgIpc) is 2.75. The Hall–Kier alpha value is -4.26. The van der Waals surface area contributed by atoms with Crippen molar-refractivity contribution in [1.29, 1.82) is 5.26 Å². The van der Waals surface area contributed by atoms with Crippen LogP contribution in [0.1, 0.15) is 47.1 Å². The van der Waals surface area contributed by atoms with Gasteiger partial charge in [-0.25, -0.2) is 15.0 Å². The molecular formula is C25H32N6O4. The van der Waals surface area contributed by atoms with Gasteiger partial charge in [-0.15, -0.1) is 0 Å². The number of hydrazine groups is 1. The molecule has 0 aliphatic carbocycles. The van der Waals surface area contributed by atoms with E-state index < -0.39 is 23.4 Å². The van der Waals surface area contributed by atoms with E-state index in [1.807, 2.05) is 12.1 Å². The molecule has 0 saturated carbocycles. The number of benzene rings is 1.